The topological polar surface area (TPSA) is 73.9 Å². The Morgan fingerprint density at radius 1 is 1.17 bits per heavy atom. The van der Waals surface area contributed by atoms with Gasteiger partial charge in [0.05, 0.1) is 7.05 Å². The number of nitrogens with one attached hydrogen (secondary N) is 2. The number of nitrogens with zero attached hydrogens (tertiary/aromatic N) is 2. The second kappa shape index (κ2) is 4.66. The molecule has 2 heterocycles. The molecular weight excluding hydrogens is 259 g/mol. The maximum absolute atomic E-state index is 11.5. The van der Waals surface area contributed by atoms with Gasteiger partial charge in [-0.05, 0) is 0 Å². The van der Waals surface area contributed by atoms with E-state index in [1.807, 2.05) is 0 Å². The van der Waals surface area contributed by atoms with Crippen LogP contribution in [0.3, 0.4) is 0 Å². The summed E-state index contributed by atoms with van der Waals surface area (Å²) in [7, 11) is -2.95. The minimum absolute atomic E-state index is 0.320. The molecule has 2 rings (SSSR count). The van der Waals surface area contributed by atoms with E-state index in [2.05, 4.69) is 9.97 Å². The van der Waals surface area contributed by atoms with E-state index in [0.717, 1.165) is 4.57 Å². The zero-order valence-electron chi connectivity index (χ0n) is 9.38. The van der Waals surface area contributed by atoms with Crippen molar-refractivity contribution in [1.82, 2.24) is 14.1 Å². The van der Waals surface area contributed by atoms with Gasteiger partial charge in [0.15, 0.2) is 6.33 Å². The Balaban J connectivity index is 0.000000280. The molecule has 0 fully saturated rings. The molecule has 0 aliphatic heterocycles. The van der Waals surface area contributed by atoms with Crippen LogP contribution < -0.4 is 16.2 Å². The van der Waals surface area contributed by atoms with Gasteiger partial charge in [-0.25, -0.2) is 18.9 Å². The molecule has 100 valence electrons. The standard InChI is InChI=1S/C7H8N4O2.BF4/c1-10-5-4(8-3-9-5)6(12)11(2)7(10)13;2-1(3,4)5/h3H,1-2H3,(H,8,9);/q;-1/p+1. The van der Waals surface area contributed by atoms with E-state index >= 15 is 0 Å². The lowest BCUT2D eigenvalue weighted by Crippen LogP contribution is -2.38. The highest BCUT2D eigenvalue weighted by molar-refractivity contribution is 6.50. The first-order valence-electron chi connectivity index (χ1n) is 4.65. The molecule has 11 heteroatoms. The summed E-state index contributed by atoms with van der Waals surface area (Å²) >= 11 is 0. The van der Waals surface area contributed by atoms with Crippen molar-refractivity contribution in [3.05, 3.63) is 27.2 Å². The molecule has 6 nitrogen and oxygen atoms in total. The van der Waals surface area contributed by atoms with E-state index in [4.69, 9.17) is 0 Å². The van der Waals surface area contributed by atoms with Crippen molar-refractivity contribution >= 4 is 18.4 Å². The Hall–Kier alpha value is -2.07. The van der Waals surface area contributed by atoms with E-state index in [1.54, 1.807) is 7.05 Å². The first kappa shape index (κ1) is 14.0. The van der Waals surface area contributed by atoms with Crippen LogP contribution in [0.1, 0.15) is 0 Å². The molecule has 0 bridgehead atoms. The highest BCUT2D eigenvalue weighted by Crippen LogP contribution is 2.06. The molecule has 0 unspecified atom stereocenters. The molecule has 0 atom stereocenters. The van der Waals surface area contributed by atoms with Gasteiger partial charge in [0, 0.05) is 7.05 Å². The zero-order chi connectivity index (χ0) is 14.1. The fraction of sp³-hybridized carbons (Fsp3) is 0.286. The quantitative estimate of drug-likeness (QED) is 0.525. The summed E-state index contributed by atoms with van der Waals surface area (Å²) in [6.07, 6.45) is 1.52. The Labute approximate surface area is 97.0 Å². The van der Waals surface area contributed by atoms with Gasteiger partial charge in [-0.1, -0.05) is 0 Å². The molecular formula is C7H9BF4N4O2. The first-order chi connectivity index (χ1) is 8.13. The van der Waals surface area contributed by atoms with Crippen molar-refractivity contribution < 1.29 is 22.2 Å². The molecule has 2 aromatic heterocycles. The van der Waals surface area contributed by atoms with Crippen LogP contribution in [-0.2, 0) is 14.1 Å². The van der Waals surface area contributed by atoms with Crippen LogP contribution in [0.25, 0.3) is 11.2 Å². The molecule has 0 aliphatic rings. The van der Waals surface area contributed by atoms with Crippen molar-refractivity contribution in [2.24, 2.45) is 14.1 Å². The number of imidazole rings is 1. The Morgan fingerprint density at radius 2 is 1.67 bits per heavy atom. The monoisotopic (exact) mass is 268 g/mol. The minimum Gasteiger partial charge on any atom is -0.418 e. The third-order valence-corrected chi connectivity index (χ3v) is 2.09. The number of rotatable bonds is 0. The number of H-pyrrole nitrogens is 2. The lowest BCUT2D eigenvalue weighted by molar-refractivity contribution is -0.349. The van der Waals surface area contributed by atoms with Crippen LogP contribution in [0, 0.1) is 0 Å². The third-order valence-electron chi connectivity index (χ3n) is 2.09. The van der Waals surface area contributed by atoms with E-state index < -0.39 is 7.25 Å². The summed E-state index contributed by atoms with van der Waals surface area (Å²) in [5.74, 6) is 0. The average Bonchev–Trinajstić information content (AvgIpc) is 2.70. The van der Waals surface area contributed by atoms with Gasteiger partial charge in [-0.15, -0.1) is 0 Å². The Kier molecular flexibility index (Phi) is 3.63. The summed E-state index contributed by atoms with van der Waals surface area (Å²) in [5.41, 5.74) is 0.255. The van der Waals surface area contributed by atoms with E-state index in [1.165, 1.54) is 17.9 Å². The molecule has 2 N–H and O–H groups in total. The maximum atomic E-state index is 11.5. The summed E-state index contributed by atoms with van der Waals surface area (Å²) < 4.78 is 41.4. The van der Waals surface area contributed by atoms with Crippen LogP contribution in [-0.4, -0.2) is 21.4 Å². The highest BCUT2D eigenvalue weighted by atomic mass is 19.5. The number of hydrogen-bond donors (Lipinski definition) is 1. The van der Waals surface area contributed by atoms with E-state index in [0.29, 0.717) is 11.2 Å². The van der Waals surface area contributed by atoms with Crippen LogP contribution in [0.5, 0.6) is 0 Å². The lowest BCUT2D eigenvalue weighted by atomic mass is 10.3. The number of fused-ring (bicyclic) bond motifs is 1. The normalized spacial score (nSPS) is 11.2. The molecule has 0 amide bonds. The number of aromatic amines is 2. The van der Waals surface area contributed by atoms with Crippen molar-refractivity contribution in [2.75, 3.05) is 0 Å². The van der Waals surface area contributed by atoms with Crippen molar-refractivity contribution in [3.63, 3.8) is 0 Å². The fourth-order valence-corrected chi connectivity index (χ4v) is 1.32. The predicted molar refractivity (Wildman–Crippen MR) is 55.5 cm³/mol. The second-order valence-electron chi connectivity index (χ2n) is 3.36. The average molecular weight is 268 g/mol. The summed E-state index contributed by atoms with van der Waals surface area (Å²) in [6.45, 7) is 0. The van der Waals surface area contributed by atoms with Gasteiger partial charge < -0.3 is 17.3 Å². The van der Waals surface area contributed by atoms with Gasteiger partial charge >= 0.3 is 18.5 Å². The van der Waals surface area contributed by atoms with Crippen molar-refractivity contribution in [3.8, 4) is 0 Å². The molecule has 0 spiro atoms. The molecule has 18 heavy (non-hydrogen) atoms. The molecule has 0 aliphatic carbocycles. The van der Waals surface area contributed by atoms with Crippen molar-refractivity contribution in [1.29, 1.82) is 0 Å². The summed E-state index contributed by atoms with van der Waals surface area (Å²) in [6, 6.07) is 0. The van der Waals surface area contributed by atoms with Crippen LogP contribution in [0.2, 0.25) is 0 Å². The van der Waals surface area contributed by atoms with Crippen LogP contribution in [0.15, 0.2) is 15.9 Å². The number of aromatic nitrogens is 4. The molecule has 0 saturated heterocycles. The maximum Gasteiger partial charge on any atom is 0.673 e. The largest absolute Gasteiger partial charge is 0.673 e. The number of hydrogen-bond acceptors (Lipinski definition) is 2. The highest BCUT2D eigenvalue weighted by Gasteiger charge is 2.20. The molecule has 2 aromatic rings. The minimum atomic E-state index is -6.00. The van der Waals surface area contributed by atoms with Crippen LogP contribution in [0.4, 0.5) is 17.3 Å². The smallest absolute Gasteiger partial charge is 0.418 e. The van der Waals surface area contributed by atoms with Gasteiger partial charge in [-0.3, -0.25) is 9.78 Å². The van der Waals surface area contributed by atoms with E-state index in [9.17, 15) is 26.9 Å². The van der Waals surface area contributed by atoms with Gasteiger partial charge in [0.1, 0.15) is 0 Å². The van der Waals surface area contributed by atoms with Gasteiger partial charge in [0.2, 0.25) is 5.52 Å². The fourth-order valence-electron chi connectivity index (χ4n) is 1.32. The second-order valence-corrected chi connectivity index (χ2v) is 3.36. The molecule has 0 aromatic carbocycles. The first-order valence-corrected chi connectivity index (χ1v) is 4.65. The van der Waals surface area contributed by atoms with Crippen LogP contribution >= 0.6 is 0 Å². The number of halogens is 4. The third kappa shape index (κ3) is 2.99. The Morgan fingerprint density at radius 3 is 2.17 bits per heavy atom. The Bertz CT molecular complexity index is 665. The van der Waals surface area contributed by atoms with Gasteiger partial charge in [0.25, 0.3) is 5.65 Å². The summed E-state index contributed by atoms with van der Waals surface area (Å²) in [4.78, 5) is 28.4. The van der Waals surface area contributed by atoms with E-state index in [-0.39, 0.29) is 11.2 Å². The zero-order valence-corrected chi connectivity index (χ0v) is 9.38. The van der Waals surface area contributed by atoms with Gasteiger partial charge in [-0.2, -0.15) is 0 Å². The predicted octanol–water partition coefficient (Wildman–Crippen LogP) is -0.321. The molecule has 0 radical (unpaired) electrons. The molecule has 0 saturated carbocycles. The summed E-state index contributed by atoms with van der Waals surface area (Å²) in [5, 5.41) is 0. The lowest BCUT2D eigenvalue weighted by Gasteiger charge is -1.95. The number of aryl methyl sites for hydroxylation is 1. The van der Waals surface area contributed by atoms with Crippen molar-refractivity contribution in [2.45, 2.75) is 0 Å². The SMILES string of the molecule is Cn1c(=O)c2[nH]c[nH+]c2n(C)c1=O.F[B-](F)(F)F.